The van der Waals surface area contributed by atoms with Crippen LogP contribution < -0.4 is 0 Å². The largest absolute Gasteiger partial charge is 0.319 e. The van der Waals surface area contributed by atoms with Gasteiger partial charge in [0.05, 0.1) is 11.7 Å². The fraction of sp³-hybridized carbons (Fsp3) is 0. The van der Waals surface area contributed by atoms with E-state index in [2.05, 4.69) is 17.2 Å². The summed E-state index contributed by atoms with van der Waals surface area (Å²) in [4.78, 5) is 0. The molecule has 0 bridgehead atoms. The van der Waals surface area contributed by atoms with Crippen molar-refractivity contribution >= 4 is 70.3 Å². The summed E-state index contributed by atoms with van der Waals surface area (Å²) in [6.45, 7) is 0. The molecule has 49 valence electrons. The van der Waals surface area contributed by atoms with Crippen molar-refractivity contribution in [3.05, 3.63) is 30.5 Å². The van der Waals surface area contributed by atoms with Crippen molar-refractivity contribution in [2.45, 2.75) is 0 Å². The van der Waals surface area contributed by atoms with E-state index in [1.807, 2.05) is 30.9 Å². The van der Waals surface area contributed by atoms with E-state index in [1.54, 1.807) is 0 Å². The zero-order valence-corrected chi connectivity index (χ0v) is 9.90. The molecule has 0 aliphatic carbocycles. The van der Waals surface area contributed by atoms with Gasteiger partial charge >= 0.3 is 0 Å². The predicted molar refractivity (Wildman–Crippen MR) is 49.4 cm³/mol. The van der Waals surface area contributed by atoms with Gasteiger partial charge in [0.25, 0.3) is 0 Å². The van der Waals surface area contributed by atoms with E-state index < -0.39 is 0 Å². The molecule has 2 aromatic rings. The van der Waals surface area contributed by atoms with Crippen molar-refractivity contribution in [3.8, 4) is 0 Å². The van der Waals surface area contributed by atoms with Crippen molar-refractivity contribution in [1.82, 2.24) is 9.69 Å². The molecule has 0 N–H and O–H groups in total. The van der Waals surface area contributed by atoms with Crippen molar-refractivity contribution < 1.29 is 0 Å². The van der Waals surface area contributed by atoms with Crippen LogP contribution >= 0.6 is 0 Å². The van der Waals surface area contributed by atoms with Crippen molar-refractivity contribution in [2.24, 2.45) is 0 Å². The van der Waals surface area contributed by atoms with E-state index in [-0.39, 0.29) is 51.4 Å². The minimum atomic E-state index is 0. The van der Waals surface area contributed by atoms with Crippen LogP contribution in [-0.4, -0.2) is 69.1 Å². The van der Waals surface area contributed by atoms with E-state index in [9.17, 15) is 0 Å². The Hall–Kier alpha value is 0.391. The third kappa shape index (κ3) is 1.76. The molecule has 0 saturated heterocycles. The Labute approximate surface area is 109 Å². The standard InChI is InChI=1S/C7H7BN2.K/c8-10-7-4-2-1-3-6(7)5-9-10;/h1-5H,8H2;. The Kier molecular flexibility index (Phi) is 3.33. The van der Waals surface area contributed by atoms with Crippen LogP contribution in [0.5, 0.6) is 0 Å². The summed E-state index contributed by atoms with van der Waals surface area (Å²) >= 11 is 0. The number of hydrogen-bond acceptors (Lipinski definition) is 1. The third-order valence-corrected chi connectivity index (χ3v) is 1.66. The van der Waals surface area contributed by atoms with Crippen LogP contribution in [0.3, 0.4) is 0 Å². The van der Waals surface area contributed by atoms with Crippen LogP contribution in [-0.2, 0) is 0 Å². The molecule has 11 heavy (non-hydrogen) atoms. The first-order valence-corrected chi connectivity index (χ1v) is 3.25. The Balaban J connectivity index is 0.000000605. The average molecular weight is 169 g/mol. The average Bonchev–Trinajstić information content (AvgIpc) is 2.34. The summed E-state index contributed by atoms with van der Waals surface area (Å²) in [5.41, 5.74) is 1.18. The van der Waals surface area contributed by atoms with Gasteiger partial charge in [-0.05, 0) is 6.07 Å². The van der Waals surface area contributed by atoms with Crippen molar-refractivity contribution in [1.29, 1.82) is 0 Å². The van der Waals surface area contributed by atoms with Crippen LogP contribution in [0.2, 0.25) is 0 Å². The molecule has 1 aromatic heterocycles. The molecule has 0 atom stereocenters. The zero-order chi connectivity index (χ0) is 6.97. The summed E-state index contributed by atoms with van der Waals surface area (Å²) in [5, 5.41) is 5.31. The van der Waals surface area contributed by atoms with Gasteiger partial charge in [-0.2, -0.15) is 5.10 Å². The molecule has 0 spiro atoms. The third-order valence-electron chi connectivity index (χ3n) is 1.66. The first-order valence-electron chi connectivity index (χ1n) is 3.25. The van der Waals surface area contributed by atoms with Crippen LogP contribution in [0.15, 0.2) is 30.5 Å². The maximum Gasteiger partial charge on any atom is 0.249 e. The number of para-hydroxylation sites is 1. The molecular weight excluding hydrogens is 162 g/mol. The molecule has 2 rings (SSSR count). The van der Waals surface area contributed by atoms with Crippen LogP contribution in [0, 0.1) is 0 Å². The minimum absolute atomic E-state index is 0. The summed E-state index contributed by atoms with van der Waals surface area (Å²) in [5.74, 6) is 0. The summed E-state index contributed by atoms with van der Waals surface area (Å²) in [6, 6.07) is 8.15. The topological polar surface area (TPSA) is 17.8 Å². The molecule has 0 fully saturated rings. The zero-order valence-electron chi connectivity index (χ0n) is 6.78. The number of benzene rings is 1. The van der Waals surface area contributed by atoms with Gasteiger partial charge < -0.3 is 4.59 Å². The molecule has 1 heterocycles. The quantitative estimate of drug-likeness (QED) is 0.509. The Morgan fingerprint density at radius 3 is 2.73 bits per heavy atom. The molecule has 0 aliphatic heterocycles. The van der Waals surface area contributed by atoms with Crippen molar-refractivity contribution in [3.63, 3.8) is 0 Å². The normalized spacial score (nSPS) is 9.45. The smallest absolute Gasteiger partial charge is 0.249 e. The fourth-order valence-electron chi connectivity index (χ4n) is 1.10. The Morgan fingerprint density at radius 2 is 2.00 bits per heavy atom. The number of nitrogens with zero attached hydrogens (tertiary/aromatic N) is 2. The van der Waals surface area contributed by atoms with Gasteiger partial charge in [0, 0.05) is 56.8 Å². The fourth-order valence-corrected chi connectivity index (χ4v) is 1.10. The molecular formula is C7H7BKN2. The number of hydrogen-bond donors (Lipinski definition) is 0. The first-order chi connectivity index (χ1) is 4.88. The minimum Gasteiger partial charge on any atom is -0.319 e. The summed E-state index contributed by atoms with van der Waals surface area (Å²) in [7, 11) is 1.95. The van der Waals surface area contributed by atoms with E-state index in [0.717, 1.165) is 0 Å². The van der Waals surface area contributed by atoms with E-state index >= 15 is 0 Å². The van der Waals surface area contributed by atoms with Gasteiger partial charge in [0.15, 0.2) is 0 Å². The number of aromatic nitrogens is 2. The molecule has 1 radical (unpaired) electrons. The molecule has 1 aromatic carbocycles. The monoisotopic (exact) mass is 169 g/mol. The molecule has 2 nitrogen and oxygen atoms in total. The summed E-state index contributed by atoms with van der Waals surface area (Å²) < 4.78 is 1.87. The molecule has 4 heteroatoms. The number of rotatable bonds is 0. The van der Waals surface area contributed by atoms with Gasteiger partial charge in [-0.25, -0.2) is 0 Å². The maximum absolute atomic E-state index is 4.11. The van der Waals surface area contributed by atoms with Gasteiger partial charge in [0.1, 0.15) is 0 Å². The van der Waals surface area contributed by atoms with E-state index in [0.29, 0.717) is 0 Å². The van der Waals surface area contributed by atoms with Crippen LogP contribution in [0.1, 0.15) is 0 Å². The van der Waals surface area contributed by atoms with E-state index in [1.165, 1.54) is 10.9 Å². The molecule has 0 amide bonds. The maximum atomic E-state index is 4.11. The Morgan fingerprint density at radius 1 is 1.27 bits per heavy atom. The van der Waals surface area contributed by atoms with Crippen molar-refractivity contribution in [2.75, 3.05) is 0 Å². The molecule has 0 unspecified atom stereocenters. The van der Waals surface area contributed by atoms with Gasteiger partial charge in [-0.15, -0.1) is 0 Å². The number of fused-ring (bicyclic) bond motifs is 1. The molecule has 0 saturated carbocycles. The van der Waals surface area contributed by atoms with Crippen LogP contribution in [0.25, 0.3) is 10.9 Å². The summed E-state index contributed by atoms with van der Waals surface area (Å²) in [6.07, 6.45) is 1.87. The second-order valence-corrected chi connectivity index (χ2v) is 2.33. The van der Waals surface area contributed by atoms with Crippen LogP contribution in [0.4, 0.5) is 0 Å². The second-order valence-electron chi connectivity index (χ2n) is 2.33. The van der Waals surface area contributed by atoms with Gasteiger partial charge in [0.2, 0.25) is 7.98 Å². The predicted octanol–water partition coefficient (Wildman–Crippen LogP) is 0.0517. The molecule has 0 aliphatic rings. The van der Waals surface area contributed by atoms with Gasteiger partial charge in [-0.3, -0.25) is 0 Å². The second kappa shape index (κ2) is 3.87. The van der Waals surface area contributed by atoms with Gasteiger partial charge in [-0.1, -0.05) is 18.2 Å². The SMILES string of the molecule is Bn1ncc2ccccc21.[K]. The Bertz CT molecular complexity index is 358. The van der Waals surface area contributed by atoms with E-state index in [4.69, 9.17) is 0 Å². The first kappa shape index (κ1) is 9.48.